The second-order valence-corrected chi connectivity index (χ2v) is 9.78. The van der Waals surface area contributed by atoms with Gasteiger partial charge in [0, 0.05) is 47.6 Å². The molecule has 41 heavy (non-hydrogen) atoms. The number of nitrogens with one attached hydrogen (secondary N) is 2. The van der Waals surface area contributed by atoms with Crippen LogP contribution in [0.4, 0.5) is 23.7 Å². The smallest absolute Gasteiger partial charge is 0.341 e. The molecule has 1 atom stereocenters. The quantitative estimate of drug-likeness (QED) is 0.359. The minimum Gasteiger partial charge on any atom is -0.341 e. The van der Waals surface area contributed by atoms with Crippen LogP contribution in [0.1, 0.15) is 25.8 Å². The largest absolute Gasteiger partial charge is 0.405 e. The van der Waals surface area contributed by atoms with Crippen LogP contribution < -0.4 is 10.6 Å². The number of piperidine rings is 1. The fourth-order valence-electron chi connectivity index (χ4n) is 4.65. The Morgan fingerprint density at radius 2 is 1.85 bits per heavy atom. The number of urea groups is 1. The van der Waals surface area contributed by atoms with Crippen molar-refractivity contribution in [1.29, 1.82) is 5.26 Å². The van der Waals surface area contributed by atoms with Gasteiger partial charge in [0.05, 0.1) is 30.4 Å². The average molecular weight is 566 g/mol. The van der Waals surface area contributed by atoms with E-state index in [4.69, 9.17) is 5.26 Å². The minimum atomic E-state index is -4.51. The summed E-state index contributed by atoms with van der Waals surface area (Å²) in [6.07, 6.45) is 3.53. The van der Waals surface area contributed by atoms with E-state index in [2.05, 4.69) is 26.6 Å². The Bertz CT molecular complexity index is 1610. The van der Waals surface area contributed by atoms with Crippen molar-refractivity contribution in [3.05, 3.63) is 55.1 Å². The zero-order valence-corrected chi connectivity index (χ0v) is 22.0. The van der Waals surface area contributed by atoms with Gasteiger partial charge in [0.1, 0.15) is 12.6 Å². The molecule has 1 aliphatic rings. The fraction of sp³-hybridized carbons (Fsp3) is 0.333. The number of aromatic nitrogens is 5. The van der Waals surface area contributed by atoms with Crippen LogP contribution in [-0.4, -0.2) is 67.0 Å². The van der Waals surface area contributed by atoms with E-state index in [1.165, 1.54) is 0 Å². The first kappa shape index (κ1) is 27.6. The number of hydrogen-bond donors (Lipinski definition) is 2. The van der Waals surface area contributed by atoms with E-state index in [-0.39, 0.29) is 11.8 Å². The lowest BCUT2D eigenvalue weighted by Crippen LogP contribution is -2.41. The number of imidazole rings is 1. The van der Waals surface area contributed by atoms with Crippen molar-refractivity contribution in [3.8, 4) is 28.5 Å². The van der Waals surface area contributed by atoms with Crippen LogP contribution in [0.2, 0.25) is 0 Å². The summed E-state index contributed by atoms with van der Waals surface area (Å²) in [7, 11) is 0. The van der Waals surface area contributed by atoms with E-state index in [0.717, 1.165) is 11.1 Å². The molecule has 5 rings (SSSR count). The van der Waals surface area contributed by atoms with Crippen molar-refractivity contribution in [2.24, 2.45) is 5.92 Å². The Hall–Kier alpha value is -4.93. The van der Waals surface area contributed by atoms with Gasteiger partial charge in [-0.1, -0.05) is 12.1 Å². The number of nitriles is 1. The third-order valence-electron chi connectivity index (χ3n) is 6.91. The van der Waals surface area contributed by atoms with Gasteiger partial charge in [0.15, 0.2) is 5.65 Å². The highest BCUT2D eigenvalue weighted by atomic mass is 19.4. The maximum absolute atomic E-state index is 13.0. The van der Waals surface area contributed by atoms with Gasteiger partial charge in [-0.05, 0) is 38.0 Å². The summed E-state index contributed by atoms with van der Waals surface area (Å²) in [5, 5.41) is 22.2. The van der Waals surface area contributed by atoms with Crippen LogP contribution in [-0.2, 0) is 4.79 Å². The van der Waals surface area contributed by atoms with Crippen LogP contribution in [0.15, 0.2) is 55.1 Å². The number of alkyl halides is 3. The highest BCUT2D eigenvalue weighted by Crippen LogP contribution is 2.27. The van der Waals surface area contributed by atoms with E-state index in [0.29, 0.717) is 48.5 Å². The predicted molar refractivity (Wildman–Crippen MR) is 142 cm³/mol. The third-order valence-corrected chi connectivity index (χ3v) is 6.91. The third kappa shape index (κ3) is 6.29. The lowest BCUT2D eigenvalue weighted by molar-refractivity contribution is -0.135. The number of benzene rings is 1. The molecule has 1 unspecified atom stereocenters. The summed E-state index contributed by atoms with van der Waals surface area (Å²) >= 11 is 0. The van der Waals surface area contributed by atoms with Gasteiger partial charge in [-0.3, -0.25) is 9.48 Å². The number of nitrogens with zero attached hydrogens (tertiary/aromatic N) is 7. The van der Waals surface area contributed by atoms with Crippen LogP contribution >= 0.6 is 0 Å². The first-order valence-corrected chi connectivity index (χ1v) is 12.9. The minimum absolute atomic E-state index is 0.00462. The van der Waals surface area contributed by atoms with Crippen molar-refractivity contribution >= 4 is 23.3 Å². The van der Waals surface area contributed by atoms with Gasteiger partial charge in [0.25, 0.3) is 0 Å². The average Bonchev–Trinajstić information content (AvgIpc) is 3.63. The summed E-state index contributed by atoms with van der Waals surface area (Å²) in [6, 6.07) is 9.21. The maximum atomic E-state index is 13.0. The van der Waals surface area contributed by atoms with Gasteiger partial charge >= 0.3 is 12.2 Å². The molecule has 1 aromatic carbocycles. The molecule has 3 amide bonds. The number of carbonyl (C=O) groups excluding carboxylic acids is 2. The first-order valence-electron chi connectivity index (χ1n) is 12.9. The van der Waals surface area contributed by atoms with Crippen LogP contribution in [0.25, 0.3) is 28.0 Å². The summed E-state index contributed by atoms with van der Waals surface area (Å²) in [5.41, 5.74) is 3.59. The molecule has 11 nitrogen and oxygen atoms in total. The second-order valence-electron chi connectivity index (χ2n) is 9.78. The highest BCUT2D eigenvalue weighted by molar-refractivity contribution is 5.90. The predicted octanol–water partition coefficient (Wildman–Crippen LogP) is 4.27. The molecule has 2 N–H and O–H groups in total. The zero-order chi connectivity index (χ0) is 29.1. The molecule has 212 valence electrons. The standard InChI is InChI=1S/C27H26F3N9O2/c1-17(25(40)37-7-5-18(11-31)6-8-37)38-15-21(13-34-38)20-10-24-32-14-23(39(24)35-12-20)19-3-2-4-22(9-19)36-26(41)33-16-27(28,29)30/h2-4,9-10,12-15,17-18H,5-8,16H2,1H3,(H2,33,36,41). The van der Waals surface area contributed by atoms with Crippen LogP contribution in [0, 0.1) is 17.2 Å². The Morgan fingerprint density at radius 1 is 1.10 bits per heavy atom. The fourth-order valence-corrected chi connectivity index (χ4v) is 4.65. The van der Waals surface area contributed by atoms with E-state index in [1.54, 1.807) is 75.4 Å². The second kappa shape index (κ2) is 11.3. The van der Waals surface area contributed by atoms with Gasteiger partial charge in [-0.15, -0.1) is 0 Å². The number of likely N-dealkylation sites (tertiary alicyclic amines) is 1. The molecular weight excluding hydrogens is 539 g/mol. The van der Waals surface area contributed by atoms with Gasteiger partial charge in [-0.2, -0.15) is 28.6 Å². The lowest BCUT2D eigenvalue weighted by Gasteiger charge is -2.31. The van der Waals surface area contributed by atoms with Gasteiger partial charge in [0.2, 0.25) is 5.91 Å². The molecule has 1 saturated heterocycles. The number of anilines is 1. The van der Waals surface area contributed by atoms with E-state index in [1.807, 2.05) is 6.07 Å². The van der Waals surface area contributed by atoms with Gasteiger partial charge in [-0.25, -0.2) is 14.3 Å². The summed E-state index contributed by atoms with van der Waals surface area (Å²) < 4.78 is 40.3. The van der Waals surface area contributed by atoms with Crippen molar-refractivity contribution in [1.82, 2.24) is 34.6 Å². The Morgan fingerprint density at radius 3 is 2.59 bits per heavy atom. The summed E-state index contributed by atoms with van der Waals surface area (Å²) in [4.78, 5) is 31.0. The molecule has 0 spiro atoms. The van der Waals surface area contributed by atoms with Crippen LogP contribution in [0.3, 0.4) is 0 Å². The molecule has 0 radical (unpaired) electrons. The summed E-state index contributed by atoms with van der Waals surface area (Å²) in [6.45, 7) is 1.47. The number of carbonyl (C=O) groups is 2. The van der Waals surface area contributed by atoms with E-state index in [9.17, 15) is 22.8 Å². The molecule has 14 heteroatoms. The van der Waals surface area contributed by atoms with Crippen molar-refractivity contribution in [3.63, 3.8) is 0 Å². The van der Waals surface area contributed by atoms with Crippen molar-refractivity contribution in [2.75, 3.05) is 25.0 Å². The maximum Gasteiger partial charge on any atom is 0.405 e. The molecule has 1 aliphatic heterocycles. The first-order chi connectivity index (χ1) is 19.6. The number of fused-ring (bicyclic) bond motifs is 1. The van der Waals surface area contributed by atoms with Crippen LogP contribution in [0.5, 0.6) is 0 Å². The number of rotatable bonds is 6. The molecular formula is C27H26F3N9O2. The summed E-state index contributed by atoms with van der Waals surface area (Å²) in [5.74, 6) is -0.0490. The Balaban J connectivity index is 1.29. The Labute approximate surface area is 232 Å². The topological polar surface area (TPSA) is 133 Å². The molecule has 0 bridgehead atoms. The van der Waals surface area contributed by atoms with E-state index < -0.39 is 24.8 Å². The van der Waals surface area contributed by atoms with Gasteiger partial charge < -0.3 is 15.5 Å². The number of amides is 3. The molecule has 4 heterocycles. The lowest BCUT2D eigenvalue weighted by atomic mass is 9.98. The number of halogens is 3. The monoisotopic (exact) mass is 565 g/mol. The number of hydrogen-bond acceptors (Lipinski definition) is 6. The SMILES string of the molecule is CC(C(=O)N1CCC(C#N)CC1)n1cc(-c2cnn3c(-c4cccc(NC(=O)NCC(F)(F)F)c4)cnc3c2)cn1. The molecule has 3 aromatic heterocycles. The van der Waals surface area contributed by atoms with E-state index >= 15 is 0 Å². The normalized spacial score (nSPS) is 15.0. The molecule has 1 fully saturated rings. The zero-order valence-electron chi connectivity index (χ0n) is 22.0. The molecule has 0 aliphatic carbocycles. The van der Waals surface area contributed by atoms with Crippen molar-refractivity contribution < 1.29 is 22.8 Å². The highest BCUT2D eigenvalue weighted by Gasteiger charge is 2.28. The molecule has 4 aromatic rings. The molecule has 0 saturated carbocycles. The Kier molecular flexibility index (Phi) is 7.60. The van der Waals surface area contributed by atoms with Crippen molar-refractivity contribution in [2.45, 2.75) is 32.0 Å².